The molecule has 0 aromatic carbocycles. The summed E-state index contributed by atoms with van der Waals surface area (Å²) in [5.74, 6) is 0.768. The van der Waals surface area contributed by atoms with Gasteiger partial charge in [0.05, 0.1) is 6.20 Å². The van der Waals surface area contributed by atoms with Crippen molar-refractivity contribution >= 4 is 0 Å². The van der Waals surface area contributed by atoms with E-state index in [4.69, 9.17) is 4.74 Å². The average Bonchev–Trinajstić information content (AvgIpc) is 2.74. The molecule has 5 heteroatoms. The lowest BCUT2D eigenvalue weighted by atomic mass is 9.84. The normalized spacial score (nSPS) is 26.1. The number of aromatic nitrogens is 2. The van der Waals surface area contributed by atoms with Crippen LogP contribution in [0.15, 0.2) is 6.20 Å². The zero-order valence-electron chi connectivity index (χ0n) is 11.0. The summed E-state index contributed by atoms with van der Waals surface area (Å²) >= 11 is 0. The highest BCUT2D eigenvalue weighted by Gasteiger charge is 2.42. The second-order valence-corrected chi connectivity index (χ2v) is 5.71. The summed E-state index contributed by atoms with van der Waals surface area (Å²) in [6, 6.07) is 0.287. The first-order valence-electron chi connectivity index (χ1n) is 6.76. The van der Waals surface area contributed by atoms with Gasteiger partial charge in [-0.2, -0.15) is 5.10 Å². The van der Waals surface area contributed by atoms with Gasteiger partial charge in [0.25, 0.3) is 0 Å². The monoisotopic (exact) mass is 251 g/mol. The number of rotatable bonds is 1. The molecule has 0 aliphatic carbocycles. The topological polar surface area (TPSA) is 59.3 Å². The molecule has 0 saturated carbocycles. The first-order chi connectivity index (χ1) is 8.60. The SMILES string of the molecule is CC(C)n1cc2c(n1)C(O)CC1(CCNCC1)O2. The van der Waals surface area contributed by atoms with Gasteiger partial charge in [0, 0.05) is 12.5 Å². The zero-order valence-corrected chi connectivity index (χ0v) is 11.0. The Balaban J connectivity index is 1.91. The Morgan fingerprint density at radius 3 is 2.89 bits per heavy atom. The number of aliphatic hydroxyl groups is 1. The molecule has 3 heterocycles. The quantitative estimate of drug-likeness (QED) is 0.792. The Morgan fingerprint density at radius 2 is 2.22 bits per heavy atom. The molecule has 2 N–H and O–H groups in total. The Labute approximate surface area is 107 Å². The van der Waals surface area contributed by atoms with Gasteiger partial charge in [-0.1, -0.05) is 0 Å². The standard InChI is InChI=1S/C13H21N3O2/c1-9(2)16-8-11-12(15-16)10(17)7-13(18-11)3-5-14-6-4-13/h8-10,14,17H,3-7H2,1-2H3. The van der Waals surface area contributed by atoms with Gasteiger partial charge in [0.2, 0.25) is 0 Å². The Hall–Kier alpha value is -1.07. The number of piperidine rings is 1. The maximum atomic E-state index is 10.3. The van der Waals surface area contributed by atoms with Crippen molar-refractivity contribution in [2.24, 2.45) is 0 Å². The van der Waals surface area contributed by atoms with Crippen molar-refractivity contribution in [3.8, 4) is 5.75 Å². The van der Waals surface area contributed by atoms with Crippen LogP contribution in [0.25, 0.3) is 0 Å². The van der Waals surface area contributed by atoms with Crippen molar-refractivity contribution < 1.29 is 9.84 Å². The number of nitrogens with zero attached hydrogens (tertiary/aromatic N) is 2. The zero-order chi connectivity index (χ0) is 12.8. The maximum Gasteiger partial charge on any atom is 0.163 e. The average molecular weight is 251 g/mol. The number of fused-ring (bicyclic) bond motifs is 1. The van der Waals surface area contributed by atoms with E-state index in [1.807, 2.05) is 10.9 Å². The highest BCUT2D eigenvalue weighted by molar-refractivity contribution is 5.31. The minimum absolute atomic E-state index is 0.192. The molecule has 2 aliphatic heterocycles. The minimum atomic E-state index is -0.494. The molecular weight excluding hydrogens is 230 g/mol. The third-order valence-electron chi connectivity index (χ3n) is 3.98. The fourth-order valence-electron chi connectivity index (χ4n) is 2.88. The number of nitrogens with one attached hydrogen (secondary N) is 1. The molecule has 1 aromatic rings. The predicted molar refractivity (Wildman–Crippen MR) is 67.7 cm³/mol. The molecule has 1 atom stereocenters. The van der Waals surface area contributed by atoms with E-state index in [2.05, 4.69) is 24.3 Å². The molecule has 0 radical (unpaired) electrons. The molecule has 0 bridgehead atoms. The molecule has 2 aliphatic rings. The number of hydrogen-bond acceptors (Lipinski definition) is 4. The van der Waals surface area contributed by atoms with Crippen molar-refractivity contribution in [3.63, 3.8) is 0 Å². The highest BCUT2D eigenvalue weighted by atomic mass is 16.5. The van der Waals surface area contributed by atoms with E-state index in [1.165, 1.54) is 0 Å². The predicted octanol–water partition coefficient (Wildman–Crippen LogP) is 1.40. The van der Waals surface area contributed by atoms with Crippen LogP contribution in [0, 0.1) is 0 Å². The van der Waals surface area contributed by atoms with Crippen LogP contribution in [-0.4, -0.2) is 33.6 Å². The number of hydrogen-bond donors (Lipinski definition) is 2. The molecule has 1 saturated heterocycles. The van der Waals surface area contributed by atoms with Gasteiger partial charge in [-0.3, -0.25) is 4.68 Å². The van der Waals surface area contributed by atoms with Gasteiger partial charge in [-0.25, -0.2) is 0 Å². The lowest BCUT2D eigenvalue weighted by molar-refractivity contribution is -0.0347. The second kappa shape index (κ2) is 4.24. The van der Waals surface area contributed by atoms with Crippen LogP contribution in [0.1, 0.15) is 50.9 Å². The first kappa shape index (κ1) is 12.0. The summed E-state index contributed by atoms with van der Waals surface area (Å²) in [4.78, 5) is 0. The van der Waals surface area contributed by atoms with Crippen molar-refractivity contribution in [1.82, 2.24) is 15.1 Å². The lowest BCUT2D eigenvalue weighted by Gasteiger charge is -2.41. The van der Waals surface area contributed by atoms with Gasteiger partial charge in [0.1, 0.15) is 17.4 Å². The Morgan fingerprint density at radius 1 is 1.50 bits per heavy atom. The third-order valence-corrected chi connectivity index (χ3v) is 3.98. The number of ether oxygens (including phenoxy) is 1. The van der Waals surface area contributed by atoms with Crippen LogP contribution >= 0.6 is 0 Å². The molecule has 1 aromatic heterocycles. The summed E-state index contributed by atoms with van der Waals surface area (Å²) in [7, 11) is 0. The van der Waals surface area contributed by atoms with Gasteiger partial charge in [0.15, 0.2) is 5.75 Å². The van der Waals surface area contributed by atoms with Gasteiger partial charge in [-0.05, 0) is 39.8 Å². The fourth-order valence-corrected chi connectivity index (χ4v) is 2.88. The van der Waals surface area contributed by atoms with Crippen LogP contribution in [0.3, 0.4) is 0 Å². The van der Waals surface area contributed by atoms with Crippen LogP contribution in [0.5, 0.6) is 5.75 Å². The van der Waals surface area contributed by atoms with Gasteiger partial charge in [-0.15, -0.1) is 0 Å². The molecule has 1 unspecified atom stereocenters. The van der Waals surface area contributed by atoms with Crippen LogP contribution in [-0.2, 0) is 0 Å². The second-order valence-electron chi connectivity index (χ2n) is 5.71. The maximum absolute atomic E-state index is 10.3. The van der Waals surface area contributed by atoms with E-state index in [0.717, 1.165) is 31.7 Å². The van der Waals surface area contributed by atoms with Gasteiger partial charge < -0.3 is 15.2 Å². The Bertz CT molecular complexity index is 435. The van der Waals surface area contributed by atoms with E-state index in [-0.39, 0.29) is 11.6 Å². The van der Waals surface area contributed by atoms with E-state index >= 15 is 0 Å². The fraction of sp³-hybridized carbons (Fsp3) is 0.769. The molecule has 1 fully saturated rings. The molecular formula is C13H21N3O2. The van der Waals surface area contributed by atoms with Crippen LogP contribution in [0.4, 0.5) is 0 Å². The highest BCUT2D eigenvalue weighted by Crippen LogP contribution is 2.43. The molecule has 100 valence electrons. The van der Waals surface area contributed by atoms with E-state index in [0.29, 0.717) is 12.1 Å². The van der Waals surface area contributed by atoms with Crippen molar-refractivity contribution in [3.05, 3.63) is 11.9 Å². The molecule has 1 spiro atoms. The van der Waals surface area contributed by atoms with Gasteiger partial charge >= 0.3 is 0 Å². The van der Waals surface area contributed by atoms with Crippen molar-refractivity contribution in [2.45, 2.75) is 50.9 Å². The third kappa shape index (κ3) is 1.91. The number of aliphatic hydroxyl groups excluding tert-OH is 1. The summed E-state index contributed by atoms with van der Waals surface area (Å²) in [5.41, 5.74) is 0.510. The largest absolute Gasteiger partial charge is 0.483 e. The summed E-state index contributed by atoms with van der Waals surface area (Å²) in [6.45, 7) is 6.07. The van der Waals surface area contributed by atoms with Crippen molar-refractivity contribution in [1.29, 1.82) is 0 Å². The molecule has 0 amide bonds. The summed E-state index contributed by atoms with van der Waals surface area (Å²) in [6.07, 6.45) is 4.00. The Kier molecular flexibility index (Phi) is 2.83. The molecule has 5 nitrogen and oxygen atoms in total. The smallest absolute Gasteiger partial charge is 0.163 e. The van der Waals surface area contributed by atoms with Crippen LogP contribution in [0.2, 0.25) is 0 Å². The first-order valence-corrected chi connectivity index (χ1v) is 6.76. The van der Waals surface area contributed by atoms with Crippen LogP contribution < -0.4 is 10.1 Å². The minimum Gasteiger partial charge on any atom is -0.483 e. The van der Waals surface area contributed by atoms with E-state index in [1.54, 1.807) is 0 Å². The van der Waals surface area contributed by atoms with E-state index in [9.17, 15) is 5.11 Å². The summed E-state index contributed by atoms with van der Waals surface area (Å²) in [5, 5.41) is 18.1. The summed E-state index contributed by atoms with van der Waals surface area (Å²) < 4.78 is 8.05. The van der Waals surface area contributed by atoms with Crippen molar-refractivity contribution in [2.75, 3.05) is 13.1 Å². The molecule has 18 heavy (non-hydrogen) atoms. The molecule has 3 rings (SSSR count). The lowest BCUT2D eigenvalue weighted by Crippen LogP contribution is -2.49. The van der Waals surface area contributed by atoms with E-state index < -0.39 is 6.10 Å².